The summed E-state index contributed by atoms with van der Waals surface area (Å²) in [5.74, 6) is 0.862. The van der Waals surface area contributed by atoms with Crippen molar-refractivity contribution in [3.05, 3.63) is 12.2 Å². The van der Waals surface area contributed by atoms with Gasteiger partial charge in [0.1, 0.15) is 18.3 Å². The first-order valence-electron chi connectivity index (χ1n) is 5.60. The summed E-state index contributed by atoms with van der Waals surface area (Å²) >= 11 is 0. The lowest BCUT2D eigenvalue weighted by atomic mass is 10.2. The van der Waals surface area contributed by atoms with E-state index in [-0.39, 0.29) is 12.0 Å². The molecule has 1 aromatic heterocycles. The smallest absolute Gasteiger partial charge is 0.249 e. The topological polar surface area (TPSA) is 79.9 Å². The molecule has 1 aliphatic rings. The predicted octanol–water partition coefficient (Wildman–Crippen LogP) is 0.0325. The monoisotopic (exact) mass is 224 g/mol. The third kappa shape index (κ3) is 3.03. The summed E-state index contributed by atoms with van der Waals surface area (Å²) in [5.41, 5.74) is 0. The molecule has 1 saturated heterocycles. The minimum absolute atomic E-state index is 0.00932. The third-order valence-electron chi connectivity index (χ3n) is 2.58. The molecule has 0 aromatic carbocycles. The molecule has 6 heteroatoms. The first-order valence-corrected chi connectivity index (χ1v) is 5.60. The van der Waals surface area contributed by atoms with E-state index < -0.39 is 0 Å². The number of amides is 1. The van der Waals surface area contributed by atoms with Crippen LogP contribution in [0.5, 0.6) is 0 Å². The highest BCUT2D eigenvalue weighted by molar-refractivity contribution is 5.80. The van der Waals surface area contributed by atoms with Crippen LogP contribution in [0, 0.1) is 0 Å². The minimum Gasteiger partial charge on any atom is -0.368 e. The molecular formula is C10H16N4O2. The molecule has 1 amide bonds. The fourth-order valence-corrected chi connectivity index (χ4v) is 1.72. The SMILES string of the molecule is O=C(NCCCc1ncn[nH]1)[C@@H]1CCCO1. The third-order valence-corrected chi connectivity index (χ3v) is 2.58. The Bertz CT molecular complexity index is 320. The van der Waals surface area contributed by atoms with Gasteiger partial charge in [0, 0.05) is 19.6 Å². The number of ether oxygens (including phenoxy) is 1. The number of aryl methyl sites for hydroxylation is 1. The Morgan fingerprint density at radius 3 is 3.31 bits per heavy atom. The van der Waals surface area contributed by atoms with Gasteiger partial charge in [0.15, 0.2) is 0 Å². The summed E-state index contributed by atoms with van der Waals surface area (Å²) in [7, 11) is 0. The van der Waals surface area contributed by atoms with Gasteiger partial charge in [-0.15, -0.1) is 0 Å². The largest absolute Gasteiger partial charge is 0.368 e. The molecule has 1 atom stereocenters. The molecule has 0 spiro atoms. The van der Waals surface area contributed by atoms with E-state index in [1.54, 1.807) is 0 Å². The number of nitrogens with zero attached hydrogens (tertiary/aromatic N) is 2. The van der Waals surface area contributed by atoms with Crippen molar-refractivity contribution in [3.63, 3.8) is 0 Å². The van der Waals surface area contributed by atoms with Crippen molar-refractivity contribution in [3.8, 4) is 0 Å². The standard InChI is InChI=1S/C10H16N4O2/c15-10(8-3-2-6-16-8)11-5-1-4-9-12-7-13-14-9/h7-8H,1-6H2,(H,11,15)(H,12,13,14)/t8-/m0/s1. The van der Waals surface area contributed by atoms with Crippen LogP contribution in [0.2, 0.25) is 0 Å². The van der Waals surface area contributed by atoms with Gasteiger partial charge in [-0.3, -0.25) is 9.89 Å². The van der Waals surface area contributed by atoms with E-state index in [0.717, 1.165) is 31.5 Å². The average molecular weight is 224 g/mol. The molecule has 0 unspecified atom stereocenters. The Morgan fingerprint density at radius 2 is 2.62 bits per heavy atom. The lowest BCUT2D eigenvalue weighted by molar-refractivity contribution is -0.130. The lowest BCUT2D eigenvalue weighted by Crippen LogP contribution is -2.34. The molecular weight excluding hydrogens is 208 g/mol. The first kappa shape index (κ1) is 11.1. The number of hydrogen-bond donors (Lipinski definition) is 2. The van der Waals surface area contributed by atoms with Crippen LogP contribution in [0.25, 0.3) is 0 Å². The van der Waals surface area contributed by atoms with Crippen LogP contribution in [0.15, 0.2) is 6.33 Å². The second kappa shape index (κ2) is 5.60. The fourth-order valence-electron chi connectivity index (χ4n) is 1.72. The van der Waals surface area contributed by atoms with E-state index in [4.69, 9.17) is 4.74 Å². The molecule has 6 nitrogen and oxygen atoms in total. The molecule has 16 heavy (non-hydrogen) atoms. The Labute approximate surface area is 93.8 Å². The molecule has 1 aromatic rings. The van der Waals surface area contributed by atoms with Gasteiger partial charge in [-0.1, -0.05) is 0 Å². The highest BCUT2D eigenvalue weighted by Gasteiger charge is 2.22. The number of carbonyl (C=O) groups is 1. The molecule has 0 saturated carbocycles. The van der Waals surface area contributed by atoms with Gasteiger partial charge in [0.25, 0.3) is 0 Å². The van der Waals surface area contributed by atoms with Crippen LogP contribution in [-0.4, -0.2) is 40.3 Å². The van der Waals surface area contributed by atoms with Gasteiger partial charge in [-0.25, -0.2) is 4.98 Å². The number of H-pyrrole nitrogens is 1. The number of carbonyl (C=O) groups excluding carboxylic acids is 1. The normalized spacial score (nSPS) is 19.9. The second-order valence-corrected chi connectivity index (χ2v) is 3.83. The zero-order valence-electron chi connectivity index (χ0n) is 9.11. The van der Waals surface area contributed by atoms with Crippen molar-refractivity contribution >= 4 is 5.91 Å². The first-order chi connectivity index (χ1) is 7.86. The number of aromatic nitrogens is 3. The van der Waals surface area contributed by atoms with Crippen LogP contribution in [-0.2, 0) is 16.0 Å². The van der Waals surface area contributed by atoms with Gasteiger partial charge in [-0.2, -0.15) is 5.10 Å². The fraction of sp³-hybridized carbons (Fsp3) is 0.700. The van der Waals surface area contributed by atoms with Gasteiger partial charge in [-0.05, 0) is 19.3 Å². The predicted molar refractivity (Wildman–Crippen MR) is 56.7 cm³/mol. The minimum atomic E-state index is -0.231. The van der Waals surface area contributed by atoms with E-state index in [0.29, 0.717) is 13.2 Å². The molecule has 0 aliphatic carbocycles. The van der Waals surface area contributed by atoms with Gasteiger partial charge >= 0.3 is 0 Å². The zero-order chi connectivity index (χ0) is 11.2. The maximum Gasteiger partial charge on any atom is 0.249 e. The number of aromatic amines is 1. The van der Waals surface area contributed by atoms with Gasteiger partial charge in [0.05, 0.1) is 0 Å². The highest BCUT2D eigenvalue weighted by atomic mass is 16.5. The number of rotatable bonds is 5. The molecule has 1 fully saturated rings. The van der Waals surface area contributed by atoms with E-state index in [1.807, 2.05) is 0 Å². The molecule has 2 N–H and O–H groups in total. The number of hydrogen-bond acceptors (Lipinski definition) is 4. The quantitative estimate of drug-likeness (QED) is 0.692. The lowest BCUT2D eigenvalue weighted by Gasteiger charge is -2.09. The van der Waals surface area contributed by atoms with Crippen molar-refractivity contribution in [2.24, 2.45) is 0 Å². The molecule has 88 valence electrons. The van der Waals surface area contributed by atoms with Gasteiger partial charge < -0.3 is 10.1 Å². The summed E-state index contributed by atoms with van der Waals surface area (Å²) in [5, 5.41) is 9.40. The average Bonchev–Trinajstić information content (AvgIpc) is 2.96. The van der Waals surface area contributed by atoms with Gasteiger partial charge in [0.2, 0.25) is 5.91 Å². The van der Waals surface area contributed by atoms with Crippen molar-refractivity contribution in [2.75, 3.05) is 13.2 Å². The van der Waals surface area contributed by atoms with E-state index in [2.05, 4.69) is 20.5 Å². The van der Waals surface area contributed by atoms with Crippen molar-refractivity contribution in [1.82, 2.24) is 20.5 Å². The zero-order valence-corrected chi connectivity index (χ0v) is 9.11. The van der Waals surface area contributed by atoms with E-state index >= 15 is 0 Å². The Kier molecular flexibility index (Phi) is 3.87. The van der Waals surface area contributed by atoms with Crippen LogP contribution in [0.1, 0.15) is 25.1 Å². The summed E-state index contributed by atoms with van der Waals surface area (Å²) in [6, 6.07) is 0. The van der Waals surface area contributed by atoms with E-state index in [9.17, 15) is 4.79 Å². The van der Waals surface area contributed by atoms with Crippen molar-refractivity contribution < 1.29 is 9.53 Å². The second-order valence-electron chi connectivity index (χ2n) is 3.83. The van der Waals surface area contributed by atoms with Crippen LogP contribution < -0.4 is 5.32 Å². The summed E-state index contributed by atoms with van der Waals surface area (Å²) < 4.78 is 5.28. The summed E-state index contributed by atoms with van der Waals surface area (Å²) in [6.07, 6.45) is 4.73. The Hall–Kier alpha value is -1.43. The maximum absolute atomic E-state index is 11.5. The number of nitrogens with one attached hydrogen (secondary N) is 2. The molecule has 0 bridgehead atoms. The molecule has 0 radical (unpaired) electrons. The van der Waals surface area contributed by atoms with E-state index in [1.165, 1.54) is 6.33 Å². The Balaban J connectivity index is 1.59. The molecule has 2 heterocycles. The molecule has 1 aliphatic heterocycles. The maximum atomic E-state index is 11.5. The van der Waals surface area contributed by atoms with Crippen molar-refractivity contribution in [2.45, 2.75) is 31.8 Å². The van der Waals surface area contributed by atoms with Crippen LogP contribution in [0.4, 0.5) is 0 Å². The Morgan fingerprint density at radius 1 is 1.69 bits per heavy atom. The van der Waals surface area contributed by atoms with Crippen molar-refractivity contribution in [1.29, 1.82) is 0 Å². The summed E-state index contributed by atoms with van der Waals surface area (Å²) in [6.45, 7) is 1.36. The summed E-state index contributed by atoms with van der Waals surface area (Å²) in [4.78, 5) is 15.5. The highest BCUT2D eigenvalue weighted by Crippen LogP contribution is 2.11. The van der Waals surface area contributed by atoms with Crippen LogP contribution >= 0.6 is 0 Å². The molecule has 2 rings (SSSR count). The van der Waals surface area contributed by atoms with Crippen LogP contribution in [0.3, 0.4) is 0 Å².